The van der Waals surface area contributed by atoms with Crippen LogP contribution in [0.5, 0.6) is 0 Å². The fourth-order valence-electron chi connectivity index (χ4n) is 1.89. The number of benzene rings is 1. The highest BCUT2D eigenvalue weighted by molar-refractivity contribution is 6.04. The lowest BCUT2D eigenvalue weighted by atomic mass is 10.2. The van der Waals surface area contributed by atoms with E-state index in [4.69, 9.17) is 0 Å². The van der Waals surface area contributed by atoms with Gasteiger partial charge < -0.3 is 10.3 Å². The second-order valence-corrected chi connectivity index (χ2v) is 3.71. The molecule has 1 aliphatic heterocycles. The summed E-state index contributed by atoms with van der Waals surface area (Å²) >= 11 is 0. The van der Waals surface area contributed by atoms with E-state index in [1.807, 2.05) is 30.3 Å². The molecule has 2 aromatic rings. The molecule has 2 heterocycles. The molecule has 16 heavy (non-hydrogen) atoms. The molecule has 80 valence electrons. The van der Waals surface area contributed by atoms with Crippen LogP contribution >= 0.6 is 0 Å². The van der Waals surface area contributed by atoms with Gasteiger partial charge in [0.15, 0.2) is 6.04 Å². The first kappa shape index (κ1) is 8.96. The van der Waals surface area contributed by atoms with E-state index in [1.54, 1.807) is 0 Å². The number of carbonyl (C=O) groups is 2. The number of urea groups is 1. The summed E-state index contributed by atoms with van der Waals surface area (Å²) in [6.45, 7) is 0. The highest BCUT2D eigenvalue weighted by Gasteiger charge is 2.31. The monoisotopic (exact) mass is 215 g/mol. The van der Waals surface area contributed by atoms with E-state index in [0.717, 1.165) is 10.9 Å². The highest BCUT2D eigenvalue weighted by atomic mass is 16.2. The van der Waals surface area contributed by atoms with E-state index in [9.17, 15) is 9.59 Å². The zero-order valence-electron chi connectivity index (χ0n) is 8.28. The Bertz CT molecular complexity index is 555. The lowest BCUT2D eigenvalue weighted by Crippen LogP contribution is -2.22. The molecule has 1 aromatic carbocycles. The van der Waals surface area contributed by atoms with Crippen molar-refractivity contribution >= 4 is 22.8 Å². The van der Waals surface area contributed by atoms with Crippen molar-refractivity contribution in [2.75, 3.05) is 0 Å². The molecule has 0 aliphatic carbocycles. The van der Waals surface area contributed by atoms with Crippen LogP contribution in [0, 0.1) is 0 Å². The summed E-state index contributed by atoms with van der Waals surface area (Å²) in [5, 5.41) is 5.77. The Labute approximate surface area is 90.8 Å². The maximum Gasteiger partial charge on any atom is 0.322 e. The van der Waals surface area contributed by atoms with Crippen molar-refractivity contribution in [3.63, 3.8) is 0 Å². The average molecular weight is 215 g/mol. The number of fused-ring (bicyclic) bond motifs is 1. The Morgan fingerprint density at radius 1 is 1.12 bits per heavy atom. The van der Waals surface area contributed by atoms with Gasteiger partial charge in [0.1, 0.15) is 0 Å². The van der Waals surface area contributed by atoms with E-state index in [0.29, 0.717) is 5.69 Å². The molecule has 1 fully saturated rings. The van der Waals surface area contributed by atoms with Crippen LogP contribution in [0.15, 0.2) is 30.3 Å². The normalized spacial score (nSPS) is 19.9. The summed E-state index contributed by atoms with van der Waals surface area (Å²) in [6, 6.07) is 8.51. The molecule has 0 saturated carbocycles. The van der Waals surface area contributed by atoms with Crippen molar-refractivity contribution in [3.05, 3.63) is 36.0 Å². The van der Waals surface area contributed by atoms with Gasteiger partial charge in [-0.1, -0.05) is 18.2 Å². The Kier molecular flexibility index (Phi) is 1.73. The fourth-order valence-corrected chi connectivity index (χ4v) is 1.89. The van der Waals surface area contributed by atoms with Gasteiger partial charge in [0.05, 0.1) is 0 Å². The molecule has 0 bridgehead atoms. The van der Waals surface area contributed by atoms with Gasteiger partial charge in [0.25, 0.3) is 5.91 Å². The van der Waals surface area contributed by atoms with Gasteiger partial charge in [-0.25, -0.2) is 4.79 Å². The molecule has 3 rings (SSSR count). The molecule has 0 spiro atoms. The van der Waals surface area contributed by atoms with Crippen molar-refractivity contribution in [3.8, 4) is 0 Å². The van der Waals surface area contributed by atoms with Crippen molar-refractivity contribution < 1.29 is 9.59 Å². The van der Waals surface area contributed by atoms with Gasteiger partial charge in [-0.2, -0.15) is 0 Å². The predicted molar refractivity (Wildman–Crippen MR) is 57.7 cm³/mol. The van der Waals surface area contributed by atoms with Gasteiger partial charge in [-0.3, -0.25) is 10.1 Å². The molecule has 1 aliphatic rings. The standard InChI is InChI=1S/C11H9N3O2/c15-10-9(13-11(16)14-10)8-5-6-3-1-2-4-7(6)12-8/h1-5,9,12H,(H2,13,14,15,16). The molecule has 0 radical (unpaired) electrons. The van der Waals surface area contributed by atoms with E-state index in [-0.39, 0.29) is 5.91 Å². The van der Waals surface area contributed by atoms with Gasteiger partial charge in [0, 0.05) is 11.2 Å². The third-order valence-corrected chi connectivity index (χ3v) is 2.64. The van der Waals surface area contributed by atoms with Crippen LogP contribution in [0.1, 0.15) is 11.7 Å². The van der Waals surface area contributed by atoms with Gasteiger partial charge in [0.2, 0.25) is 0 Å². The van der Waals surface area contributed by atoms with Gasteiger partial charge >= 0.3 is 6.03 Å². The first-order valence-corrected chi connectivity index (χ1v) is 4.93. The van der Waals surface area contributed by atoms with Crippen molar-refractivity contribution in [2.24, 2.45) is 0 Å². The molecule has 5 heteroatoms. The number of aromatic amines is 1. The summed E-state index contributed by atoms with van der Waals surface area (Å²) in [5.41, 5.74) is 1.65. The zero-order chi connectivity index (χ0) is 11.1. The number of rotatable bonds is 1. The molecule has 1 atom stereocenters. The topological polar surface area (TPSA) is 74.0 Å². The molecule has 3 N–H and O–H groups in total. The fraction of sp³-hybridized carbons (Fsp3) is 0.0909. The number of para-hydroxylation sites is 1. The second-order valence-electron chi connectivity index (χ2n) is 3.71. The third-order valence-electron chi connectivity index (χ3n) is 2.64. The maximum atomic E-state index is 11.4. The summed E-state index contributed by atoms with van der Waals surface area (Å²) in [7, 11) is 0. The number of H-pyrrole nitrogens is 1. The quantitative estimate of drug-likeness (QED) is 0.622. The van der Waals surface area contributed by atoms with Crippen LogP contribution < -0.4 is 10.6 Å². The number of hydrogen-bond donors (Lipinski definition) is 3. The lowest BCUT2D eigenvalue weighted by Gasteiger charge is -2.02. The van der Waals surface area contributed by atoms with Crippen LogP contribution in [0.25, 0.3) is 10.9 Å². The Morgan fingerprint density at radius 3 is 2.62 bits per heavy atom. The smallest absolute Gasteiger partial charge is 0.322 e. The number of imide groups is 1. The third kappa shape index (κ3) is 1.25. The van der Waals surface area contributed by atoms with E-state index < -0.39 is 12.1 Å². The summed E-state index contributed by atoms with van der Waals surface area (Å²) < 4.78 is 0. The van der Waals surface area contributed by atoms with E-state index in [2.05, 4.69) is 15.6 Å². The van der Waals surface area contributed by atoms with Crippen LogP contribution in [-0.2, 0) is 4.79 Å². The lowest BCUT2D eigenvalue weighted by molar-refractivity contribution is -0.120. The van der Waals surface area contributed by atoms with Gasteiger partial charge in [-0.05, 0) is 17.5 Å². The summed E-state index contributed by atoms with van der Waals surface area (Å²) in [5.74, 6) is -0.323. The second kappa shape index (κ2) is 3.10. The van der Waals surface area contributed by atoms with Gasteiger partial charge in [-0.15, -0.1) is 0 Å². The van der Waals surface area contributed by atoms with E-state index >= 15 is 0 Å². The van der Waals surface area contributed by atoms with Crippen LogP contribution in [0.3, 0.4) is 0 Å². The van der Waals surface area contributed by atoms with Crippen LogP contribution in [-0.4, -0.2) is 16.9 Å². The minimum absolute atomic E-state index is 0.323. The molecule has 3 amide bonds. The molecular weight excluding hydrogens is 206 g/mol. The zero-order valence-corrected chi connectivity index (χ0v) is 8.28. The predicted octanol–water partition coefficient (Wildman–Crippen LogP) is 1.05. The number of aromatic nitrogens is 1. The van der Waals surface area contributed by atoms with Crippen molar-refractivity contribution in [1.82, 2.24) is 15.6 Å². The Balaban J connectivity index is 2.06. The number of amides is 3. The summed E-state index contributed by atoms with van der Waals surface area (Å²) in [6.07, 6.45) is 0. The first-order chi connectivity index (χ1) is 7.74. The Morgan fingerprint density at radius 2 is 1.94 bits per heavy atom. The largest absolute Gasteiger partial charge is 0.356 e. The summed E-state index contributed by atoms with van der Waals surface area (Å²) in [4.78, 5) is 25.6. The molecule has 1 unspecified atom stereocenters. The highest BCUT2D eigenvalue weighted by Crippen LogP contribution is 2.21. The molecule has 1 saturated heterocycles. The maximum absolute atomic E-state index is 11.4. The van der Waals surface area contributed by atoms with Crippen molar-refractivity contribution in [1.29, 1.82) is 0 Å². The average Bonchev–Trinajstić information content (AvgIpc) is 2.81. The number of hydrogen-bond acceptors (Lipinski definition) is 2. The van der Waals surface area contributed by atoms with Crippen LogP contribution in [0.2, 0.25) is 0 Å². The molecular formula is C11H9N3O2. The minimum atomic E-state index is -0.611. The van der Waals surface area contributed by atoms with Crippen LogP contribution in [0.4, 0.5) is 4.79 Å². The number of nitrogens with one attached hydrogen (secondary N) is 3. The first-order valence-electron chi connectivity index (χ1n) is 4.93. The minimum Gasteiger partial charge on any atom is -0.356 e. The van der Waals surface area contributed by atoms with E-state index in [1.165, 1.54) is 0 Å². The number of carbonyl (C=O) groups excluding carboxylic acids is 2. The SMILES string of the molecule is O=C1NC(=O)C(c2cc3ccccc3[nH]2)N1. The van der Waals surface area contributed by atoms with Crippen molar-refractivity contribution in [2.45, 2.75) is 6.04 Å². The Hall–Kier alpha value is -2.30. The molecule has 1 aromatic heterocycles. The molecule has 5 nitrogen and oxygen atoms in total.